The zero-order valence-corrected chi connectivity index (χ0v) is 14.2. The zero-order chi connectivity index (χ0) is 18.0. The van der Waals surface area contributed by atoms with Crippen LogP contribution in [0.4, 0.5) is 13.6 Å². The number of methoxy groups -OCH3 is 1. The molecule has 1 aliphatic rings. The van der Waals surface area contributed by atoms with E-state index in [1.54, 1.807) is 19.2 Å². The maximum Gasteiger partial charge on any atom is 0.317 e. The van der Waals surface area contributed by atoms with Gasteiger partial charge in [0.15, 0.2) is 11.6 Å². The highest BCUT2D eigenvalue weighted by Crippen LogP contribution is 2.31. The van der Waals surface area contributed by atoms with Crippen LogP contribution in [0, 0.1) is 11.6 Å². The van der Waals surface area contributed by atoms with Gasteiger partial charge in [-0.15, -0.1) is 0 Å². The minimum Gasteiger partial charge on any atom is -0.494 e. The molecule has 0 heterocycles. The number of amides is 2. The Hall–Kier alpha value is -2.63. The van der Waals surface area contributed by atoms with Gasteiger partial charge in [0, 0.05) is 13.6 Å². The average Bonchev–Trinajstić information content (AvgIpc) is 2.97. The van der Waals surface area contributed by atoms with Gasteiger partial charge in [-0.1, -0.05) is 12.1 Å². The topological polar surface area (TPSA) is 41.6 Å². The van der Waals surface area contributed by atoms with Crippen LogP contribution in [-0.4, -0.2) is 25.1 Å². The summed E-state index contributed by atoms with van der Waals surface area (Å²) >= 11 is 0. The predicted octanol–water partition coefficient (Wildman–Crippen LogP) is 3.80. The molecule has 3 rings (SSSR count). The minimum atomic E-state index is -0.464. The maximum atomic E-state index is 13.8. The van der Waals surface area contributed by atoms with Crippen molar-refractivity contribution in [1.29, 1.82) is 0 Å². The fourth-order valence-corrected chi connectivity index (χ4v) is 3.14. The third kappa shape index (κ3) is 3.73. The van der Waals surface area contributed by atoms with Crippen LogP contribution in [0.25, 0.3) is 0 Å². The summed E-state index contributed by atoms with van der Waals surface area (Å²) < 4.78 is 32.1. The Bertz CT molecular complexity index is 795. The second-order valence-electron chi connectivity index (χ2n) is 6.21. The number of hydrogen-bond acceptors (Lipinski definition) is 2. The van der Waals surface area contributed by atoms with Crippen molar-refractivity contribution in [2.75, 3.05) is 14.2 Å². The SMILES string of the molecule is COc1ccc(CN(C)C(=O)NC2CCc3ccc(F)cc32)cc1F. The van der Waals surface area contributed by atoms with Crippen molar-refractivity contribution >= 4 is 6.03 Å². The number of nitrogens with zero attached hydrogens (tertiary/aromatic N) is 1. The average molecular weight is 346 g/mol. The molecule has 2 aromatic carbocycles. The monoisotopic (exact) mass is 346 g/mol. The van der Waals surface area contributed by atoms with Crippen molar-refractivity contribution in [2.45, 2.75) is 25.4 Å². The fourth-order valence-electron chi connectivity index (χ4n) is 3.14. The van der Waals surface area contributed by atoms with E-state index in [1.807, 2.05) is 0 Å². The molecule has 2 aromatic rings. The second-order valence-corrected chi connectivity index (χ2v) is 6.21. The first-order valence-corrected chi connectivity index (χ1v) is 8.10. The highest BCUT2D eigenvalue weighted by Gasteiger charge is 2.25. The predicted molar refractivity (Wildman–Crippen MR) is 90.4 cm³/mol. The molecule has 25 heavy (non-hydrogen) atoms. The summed E-state index contributed by atoms with van der Waals surface area (Å²) in [5.74, 6) is -0.601. The summed E-state index contributed by atoms with van der Waals surface area (Å²) in [6.07, 6.45) is 1.56. The first-order chi connectivity index (χ1) is 12.0. The number of ether oxygens (including phenoxy) is 1. The molecule has 0 fully saturated rings. The Morgan fingerprint density at radius 1 is 1.28 bits per heavy atom. The zero-order valence-electron chi connectivity index (χ0n) is 14.2. The van der Waals surface area contributed by atoms with Crippen molar-refractivity contribution in [3.05, 3.63) is 64.7 Å². The summed E-state index contributed by atoms with van der Waals surface area (Å²) in [5, 5.41) is 2.92. The normalized spacial score (nSPS) is 15.6. The highest BCUT2D eigenvalue weighted by atomic mass is 19.1. The summed E-state index contributed by atoms with van der Waals surface area (Å²) in [7, 11) is 3.04. The molecule has 1 aliphatic carbocycles. The van der Waals surface area contributed by atoms with Crippen LogP contribution >= 0.6 is 0 Å². The smallest absolute Gasteiger partial charge is 0.317 e. The number of hydrogen-bond donors (Lipinski definition) is 1. The van der Waals surface area contributed by atoms with Crippen LogP contribution in [0.3, 0.4) is 0 Å². The first kappa shape index (κ1) is 17.2. The Kier molecular flexibility index (Phi) is 4.88. The van der Waals surface area contributed by atoms with Crippen LogP contribution in [0.5, 0.6) is 5.75 Å². The maximum absolute atomic E-state index is 13.8. The van der Waals surface area contributed by atoms with Gasteiger partial charge in [0.2, 0.25) is 0 Å². The molecular formula is C19H20F2N2O2. The Morgan fingerprint density at radius 2 is 2.08 bits per heavy atom. The lowest BCUT2D eigenvalue weighted by Gasteiger charge is -2.22. The molecule has 6 heteroatoms. The summed E-state index contributed by atoms with van der Waals surface area (Å²) in [6, 6.07) is 8.80. The van der Waals surface area contributed by atoms with E-state index < -0.39 is 5.82 Å². The van der Waals surface area contributed by atoms with E-state index in [9.17, 15) is 13.6 Å². The number of halogens is 2. The lowest BCUT2D eigenvalue weighted by atomic mass is 10.1. The van der Waals surface area contributed by atoms with E-state index in [4.69, 9.17) is 4.74 Å². The number of benzene rings is 2. The van der Waals surface area contributed by atoms with Gasteiger partial charge in [-0.3, -0.25) is 0 Å². The molecule has 1 unspecified atom stereocenters. The van der Waals surface area contributed by atoms with Crippen LogP contribution in [-0.2, 0) is 13.0 Å². The third-order valence-corrected chi connectivity index (χ3v) is 4.47. The van der Waals surface area contributed by atoms with Gasteiger partial charge in [0.1, 0.15) is 5.82 Å². The van der Waals surface area contributed by atoms with Gasteiger partial charge in [-0.25, -0.2) is 13.6 Å². The molecule has 1 N–H and O–H groups in total. The molecule has 0 aromatic heterocycles. The molecule has 0 bridgehead atoms. The molecule has 0 spiro atoms. The van der Waals surface area contributed by atoms with Crippen molar-refractivity contribution in [2.24, 2.45) is 0 Å². The molecule has 0 saturated heterocycles. The van der Waals surface area contributed by atoms with E-state index >= 15 is 0 Å². The number of carbonyl (C=O) groups is 1. The lowest BCUT2D eigenvalue weighted by Crippen LogP contribution is -2.38. The Balaban J connectivity index is 1.64. The number of carbonyl (C=O) groups excluding carboxylic acids is 1. The quantitative estimate of drug-likeness (QED) is 0.915. The largest absolute Gasteiger partial charge is 0.494 e. The van der Waals surface area contributed by atoms with Crippen molar-refractivity contribution < 1.29 is 18.3 Å². The molecule has 1 atom stereocenters. The molecule has 4 nitrogen and oxygen atoms in total. The summed E-state index contributed by atoms with van der Waals surface area (Å²) in [5.41, 5.74) is 2.55. The van der Waals surface area contributed by atoms with Crippen LogP contribution in [0.15, 0.2) is 36.4 Å². The minimum absolute atomic E-state index is 0.167. The molecule has 2 amide bonds. The second kappa shape index (κ2) is 7.09. The molecular weight excluding hydrogens is 326 g/mol. The number of rotatable bonds is 4. The van der Waals surface area contributed by atoms with Gasteiger partial charge in [0.25, 0.3) is 0 Å². The van der Waals surface area contributed by atoms with Gasteiger partial charge in [-0.05, 0) is 53.8 Å². The van der Waals surface area contributed by atoms with Gasteiger partial charge in [0.05, 0.1) is 13.2 Å². The lowest BCUT2D eigenvalue weighted by molar-refractivity contribution is 0.202. The van der Waals surface area contributed by atoms with Crippen LogP contribution in [0.2, 0.25) is 0 Å². The number of urea groups is 1. The van der Waals surface area contributed by atoms with Crippen molar-refractivity contribution in [1.82, 2.24) is 10.2 Å². The Morgan fingerprint density at radius 3 is 2.80 bits per heavy atom. The molecule has 132 valence electrons. The van der Waals surface area contributed by atoms with Crippen LogP contribution in [0.1, 0.15) is 29.2 Å². The number of fused-ring (bicyclic) bond motifs is 1. The molecule has 0 aliphatic heterocycles. The van der Waals surface area contributed by atoms with Crippen molar-refractivity contribution in [3.8, 4) is 5.75 Å². The van der Waals surface area contributed by atoms with Gasteiger partial charge in [-0.2, -0.15) is 0 Å². The van der Waals surface area contributed by atoms with Gasteiger partial charge >= 0.3 is 6.03 Å². The van der Waals surface area contributed by atoms with Crippen molar-refractivity contribution in [3.63, 3.8) is 0 Å². The summed E-state index contributed by atoms with van der Waals surface area (Å²) in [4.78, 5) is 13.9. The third-order valence-electron chi connectivity index (χ3n) is 4.47. The van der Waals surface area contributed by atoms with E-state index in [-0.39, 0.29) is 30.2 Å². The highest BCUT2D eigenvalue weighted by molar-refractivity contribution is 5.74. The van der Waals surface area contributed by atoms with E-state index in [1.165, 1.54) is 36.3 Å². The summed E-state index contributed by atoms with van der Waals surface area (Å²) in [6.45, 7) is 0.259. The van der Waals surface area contributed by atoms with Gasteiger partial charge < -0.3 is 15.0 Å². The molecule has 0 saturated carbocycles. The number of aryl methyl sites for hydroxylation is 1. The fraction of sp³-hybridized carbons (Fsp3) is 0.316. The standard InChI is InChI=1S/C19H20F2N2O2/c1-23(11-12-3-8-18(25-2)16(21)9-12)19(24)22-17-7-5-13-4-6-14(20)10-15(13)17/h3-4,6,8-10,17H,5,7,11H2,1-2H3,(H,22,24). The number of nitrogens with one attached hydrogen (secondary N) is 1. The van der Waals surface area contributed by atoms with E-state index in [2.05, 4.69) is 5.32 Å². The van der Waals surface area contributed by atoms with E-state index in [0.29, 0.717) is 5.56 Å². The van der Waals surface area contributed by atoms with Crippen LogP contribution < -0.4 is 10.1 Å². The first-order valence-electron chi connectivity index (χ1n) is 8.10. The molecule has 0 radical (unpaired) electrons. The van der Waals surface area contributed by atoms with E-state index in [0.717, 1.165) is 24.0 Å². The Labute approximate surface area is 145 Å².